The van der Waals surface area contributed by atoms with Crippen molar-refractivity contribution in [2.24, 2.45) is 0 Å². The summed E-state index contributed by atoms with van der Waals surface area (Å²) in [5, 5.41) is 2.78. The number of oxazole rings is 1. The van der Waals surface area contributed by atoms with Crippen LogP contribution in [0.5, 0.6) is 0 Å². The summed E-state index contributed by atoms with van der Waals surface area (Å²) in [4.78, 5) is 15.9. The molecule has 0 saturated heterocycles. The molecule has 6 heteroatoms. The van der Waals surface area contributed by atoms with Crippen molar-refractivity contribution in [2.45, 2.75) is 20.1 Å². The topological polar surface area (TPSA) is 64.4 Å². The standard InChI is InChI=1S/C18H17ClN2O3/c1-12-6-7-13(15(8-12)20-17(22)9-19)10-23-11-18-21-14-4-2-3-5-16(14)24-18/h2-8H,9-11H2,1H3,(H,20,22). The zero-order chi connectivity index (χ0) is 16.9. The van der Waals surface area contributed by atoms with E-state index in [-0.39, 0.29) is 18.4 Å². The lowest BCUT2D eigenvalue weighted by Gasteiger charge is -2.11. The van der Waals surface area contributed by atoms with Crippen molar-refractivity contribution in [3.05, 3.63) is 59.5 Å². The lowest BCUT2D eigenvalue weighted by Crippen LogP contribution is -2.14. The summed E-state index contributed by atoms with van der Waals surface area (Å²) in [5.74, 6) is 0.189. The summed E-state index contributed by atoms with van der Waals surface area (Å²) in [6, 6.07) is 13.3. The number of fused-ring (bicyclic) bond motifs is 1. The summed E-state index contributed by atoms with van der Waals surface area (Å²) < 4.78 is 11.3. The van der Waals surface area contributed by atoms with Crippen LogP contribution < -0.4 is 5.32 Å². The van der Waals surface area contributed by atoms with Crippen molar-refractivity contribution < 1.29 is 13.9 Å². The first kappa shape index (κ1) is 16.5. The van der Waals surface area contributed by atoms with E-state index in [1.54, 1.807) is 0 Å². The predicted molar refractivity (Wildman–Crippen MR) is 93.0 cm³/mol. The van der Waals surface area contributed by atoms with Crippen LogP contribution >= 0.6 is 11.6 Å². The van der Waals surface area contributed by atoms with Gasteiger partial charge in [0, 0.05) is 11.3 Å². The molecule has 0 unspecified atom stereocenters. The number of anilines is 1. The Morgan fingerprint density at radius 1 is 1.25 bits per heavy atom. The number of alkyl halides is 1. The molecule has 1 aromatic heterocycles. The van der Waals surface area contributed by atoms with E-state index in [4.69, 9.17) is 20.8 Å². The zero-order valence-electron chi connectivity index (χ0n) is 13.2. The summed E-state index contributed by atoms with van der Waals surface area (Å²) >= 11 is 5.55. The summed E-state index contributed by atoms with van der Waals surface area (Å²) in [6.07, 6.45) is 0. The van der Waals surface area contributed by atoms with Gasteiger partial charge in [-0.3, -0.25) is 4.79 Å². The lowest BCUT2D eigenvalue weighted by molar-refractivity contribution is -0.113. The van der Waals surface area contributed by atoms with Crippen molar-refractivity contribution in [1.82, 2.24) is 4.98 Å². The molecule has 1 amide bonds. The zero-order valence-corrected chi connectivity index (χ0v) is 14.0. The minimum absolute atomic E-state index is 0.0862. The Labute approximate surface area is 144 Å². The summed E-state index contributed by atoms with van der Waals surface area (Å²) in [6.45, 7) is 2.54. The number of aromatic nitrogens is 1. The van der Waals surface area contributed by atoms with E-state index < -0.39 is 0 Å². The molecule has 0 bridgehead atoms. The van der Waals surface area contributed by atoms with Gasteiger partial charge in [0.15, 0.2) is 5.58 Å². The predicted octanol–water partition coefficient (Wildman–Crippen LogP) is 4.03. The quantitative estimate of drug-likeness (QED) is 0.686. The molecular weight excluding hydrogens is 328 g/mol. The van der Waals surface area contributed by atoms with Gasteiger partial charge in [0.2, 0.25) is 11.8 Å². The van der Waals surface area contributed by atoms with Crippen molar-refractivity contribution in [3.8, 4) is 0 Å². The van der Waals surface area contributed by atoms with Gasteiger partial charge in [-0.2, -0.15) is 0 Å². The fourth-order valence-corrected chi connectivity index (χ4v) is 2.41. The third-order valence-corrected chi connectivity index (χ3v) is 3.72. The number of benzene rings is 2. The van der Waals surface area contributed by atoms with E-state index in [0.717, 1.165) is 22.2 Å². The molecule has 0 saturated carbocycles. The third kappa shape index (κ3) is 3.93. The highest BCUT2D eigenvalue weighted by Crippen LogP contribution is 2.20. The van der Waals surface area contributed by atoms with E-state index in [1.807, 2.05) is 49.4 Å². The van der Waals surface area contributed by atoms with Gasteiger partial charge in [-0.05, 0) is 30.7 Å². The molecule has 0 spiro atoms. The molecule has 2 aromatic carbocycles. The van der Waals surface area contributed by atoms with Gasteiger partial charge >= 0.3 is 0 Å². The first-order valence-corrected chi connectivity index (χ1v) is 8.06. The van der Waals surface area contributed by atoms with Crippen LogP contribution in [-0.2, 0) is 22.7 Å². The van der Waals surface area contributed by atoms with E-state index in [0.29, 0.717) is 18.2 Å². The Bertz CT molecular complexity index is 827. The SMILES string of the molecule is Cc1ccc(COCc2nc3ccccc3o2)c(NC(=O)CCl)c1. The van der Waals surface area contributed by atoms with E-state index >= 15 is 0 Å². The first-order chi connectivity index (χ1) is 11.7. The molecule has 3 rings (SSSR count). The molecule has 0 aliphatic rings. The number of nitrogens with one attached hydrogen (secondary N) is 1. The van der Waals surface area contributed by atoms with E-state index in [2.05, 4.69) is 10.3 Å². The van der Waals surface area contributed by atoms with Crippen molar-refractivity contribution in [1.29, 1.82) is 0 Å². The second-order valence-corrected chi connectivity index (χ2v) is 5.68. The van der Waals surface area contributed by atoms with Crippen LogP contribution in [0.2, 0.25) is 0 Å². The molecule has 3 aromatic rings. The van der Waals surface area contributed by atoms with Crippen LogP contribution in [0.1, 0.15) is 17.0 Å². The average Bonchev–Trinajstić information content (AvgIpc) is 2.99. The molecule has 24 heavy (non-hydrogen) atoms. The number of carbonyl (C=O) groups is 1. The number of hydrogen-bond acceptors (Lipinski definition) is 4. The fourth-order valence-electron chi connectivity index (χ4n) is 2.35. The van der Waals surface area contributed by atoms with Gasteiger partial charge in [0.05, 0.1) is 6.61 Å². The molecule has 124 valence electrons. The highest BCUT2D eigenvalue weighted by molar-refractivity contribution is 6.29. The van der Waals surface area contributed by atoms with Gasteiger partial charge < -0.3 is 14.5 Å². The second kappa shape index (κ2) is 7.47. The Kier molecular flexibility index (Phi) is 5.13. The van der Waals surface area contributed by atoms with Gasteiger partial charge in [0.25, 0.3) is 0 Å². The molecular formula is C18H17ClN2O3. The van der Waals surface area contributed by atoms with Crippen LogP contribution in [0, 0.1) is 6.92 Å². The lowest BCUT2D eigenvalue weighted by atomic mass is 10.1. The van der Waals surface area contributed by atoms with Gasteiger partial charge in [0.1, 0.15) is 18.0 Å². The maximum absolute atomic E-state index is 11.5. The Morgan fingerprint density at radius 3 is 2.88 bits per heavy atom. The van der Waals surface area contributed by atoms with E-state index in [1.165, 1.54) is 0 Å². The van der Waals surface area contributed by atoms with Gasteiger partial charge in [-0.1, -0.05) is 24.3 Å². The number of nitrogens with zero attached hydrogens (tertiary/aromatic N) is 1. The van der Waals surface area contributed by atoms with Crippen molar-refractivity contribution in [2.75, 3.05) is 11.2 Å². The number of rotatable bonds is 6. The van der Waals surface area contributed by atoms with Crippen LogP contribution in [-0.4, -0.2) is 16.8 Å². The second-order valence-electron chi connectivity index (χ2n) is 5.41. The average molecular weight is 345 g/mol. The molecule has 1 heterocycles. The van der Waals surface area contributed by atoms with Crippen LogP contribution in [0.3, 0.4) is 0 Å². The minimum Gasteiger partial charge on any atom is -0.438 e. The molecule has 0 fully saturated rings. The number of hydrogen-bond donors (Lipinski definition) is 1. The van der Waals surface area contributed by atoms with Crippen molar-refractivity contribution in [3.63, 3.8) is 0 Å². The number of aryl methyl sites for hydroxylation is 1. The molecule has 1 N–H and O–H groups in total. The Morgan fingerprint density at radius 2 is 2.08 bits per heavy atom. The smallest absolute Gasteiger partial charge is 0.239 e. The third-order valence-electron chi connectivity index (χ3n) is 3.48. The monoisotopic (exact) mass is 344 g/mol. The number of carbonyl (C=O) groups excluding carboxylic acids is 1. The number of para-hydroxylation sites is 2. The molecule has 0 aliphatic carbocycles. The summed E-state index contributed by atoms with van der Waals surface area (Å²) in [7, 11) is 0. The van der Waals surface area contributed by atoms with Crippen LogP contribution in [0.4, 0.5) is 5.69 Å². The highest BCUT2D eigenvalue weighted by atomic mass is 35.5. The van der Waals surface area contributed by atoms with Crippen LogP contribution in [0.15, 0.2) is 46.9 Å². The summed E-state index contributed by atoms with van der Waals surface area (Å²) in [5.41, 5.74) is 4.17. The number of amides is 1. The first-order valence-electron chi connectivity index (χ1n) is 7.53. The fraction of sp³-hybridized carbons (Fsp3) is 0.222. The van der Waals surface area contributed by atoms with Crippen molar-refractivity contribution >= 4 is 34.3 Å². The Hall–Kier alpha value is -2.37. The molecule has 0 aliphatic heterocycles. The van der Waals surface area contributed by atoms with Crippen LogP contribution in [0.25, 0.3) is 11.1 Å². The Balaban J connectivity index is 1.66. The maximum atomic E-state index is 11.5. The molecule has 5 nitrogen and oxygen atoms in total. The molecule has 0 atom stereocenters. The largest absolute Gasteiger partial charge is 0.438 e. The molecule has 0 radical (unpaired) electrons. The number of ether oxygens (including phenoxy) is 1. The highest BCUT2D eigenvalue weighted by Gasteiger charge is 2.09. The van der Waals surface area contributed by atoms with Gasteiger partial charge in [-0.25, -0.2) is 4.98 Å². The van der Waals surface area contributed by atoms with Gasteiger partial charge in [-0.15, -0.1) is 11.6 Å². The minimum atomic E-state index is -0.248. The maximum Gasteiger partial charge on any atom is 0.239 e. The normalized spacial score (nSPS) is 10.9. The van der Waals surface area contributed by atoms with E-state index in [9.17, 15) is 4.79 Å². The number of halogens is 1.